The number of nitrogens with zero attached hydrogens (tertiary/aromatic N) is 6. The minimum atomic E-state index is -0.120. The van der Waals surface area contributed by atoms with Gasteiger partial charge in [-0.25, -0.2) is 4.98 Å². The van der Waals surface area contributed by atoms with Crippen molar-refractivity contribution in [3.63, 3.8) is 0 Å². The van der Waals surface area contributed by atoms with Crippen LogP contribution in [0.25, 0.3) is 32.8 Å². The van der Waals surface area contributed by atoms with E-state index in [4.69, 9.17) is 4.98 Å². The molecule has 0 atom stereocenters. The van der Waals surface area contributed by atoms with E-state index in [0.717, 1.165) is 70.5 Å². The Morgan fingerprint density at radius 3 is 2.46 bits per heavy atom. The predicted molar refractivity (Wildman–Crippen MR) is 170 cm³/mol. The number of hydrogen-bond donors (Lipinski definition) is 1. The molecule has 218 valence electrons. The SMILES string of the molecule is CN1CCN(CCCCc2ccc3c(c2)c2nc4ccccc4c4c2n3CCCN4CCN2CCC(O)CC2)CC1. The summed E-state index contributed by atoms with van der Waals surface area (Å²) in [7, 11) is 2.23. The van der Waals surface area contributed by atoms with E-state index >= 15 is 0 Å². The number of likely N-dealkylation sites (tertiary alicyclic amines) is 1. The number of piperidine rings is 1. The normalized spacial score (nSPS) is 20.0. The number of aliphatic hydroxyl groups excluding tert-OH is 1. The highest BCUT2D eigenvalue weighted by atomic mass is 16.3. The highest BCUT2D eigenvalue weighted by Crippen LogP contribution is 2.41. The van der Waals surface area contributed by atoms with Crippen molar-refractivity contribution in [2.75, 3.05) is 77.4 Å². The Hall–Kier alpha value is -2.71. The standard InChI is InChI=1S/C34H46N6O/c1-36-19-21-37(22-20-36)14-5-4-7-26-10-11-31-29(25-26)32-34-33(28-8-2-3-9-30(28)35-32)39(15-6-16-40(31)34)24-23-38-17-12-27(41)13-18-38/h2-3,8-11,25,27,41H,4-7,12-24H2,1H3. The molecule has 7 heteroatoms. The Labute approximate surface area is 244 Å². The Morgan fingerprint density at radius 1 is 0.805 bits per heavy atom. The second-order valence-corrected chi connectivity index (χ2v) is 12.7. The van der Waals surface area contributed by atoms with E-state index in [1.807, 2.05) is 0 Å². The van der Waals surface area contributed by atoms with Crippen molar-refractivity contribution in [3.8, 4) is 0 Å². The number of para-hydroxylation sites is 1. The van der Waals surface area contributed by atoms with Crippen molar-refractivity contribution in [2.24, 2.45) is 0 Å². The largest absolute Gasteiger partial charge is 0.393 e. The third-order valence-corrected chi connectivity index (χ3v) is 9.87. The van der Waals surface area contributed by atoms with Gasteiger partial charge in [0.15, 0.2) is 0 Å². The van der Waals surface area contributed by atoms with Gasteiger partial charge in [-0.05, 0) is 75.9 Å². The Bertz CT molecular complexity index is 1500. The smallest absolute Gasteiger partial charge is 0.0989 e. The average molecular weight is 555 g/mol. The summed E-state index contributed by atoms with van der Waals surface area (Å²) in [5, 5.41) is 12.6. The molecule has 41 heavy (non-hydrogen) atoms. The number of aryl methyl sites for hydroxylation is 2. The molecule has 0 spiro atoms. The first-order valence-electron chi connectivity index (χ1n) is 16.0. The van der Waals surface area contributed by atoms with Gasteiger partial charge in [0.25, 0.3) is 0 Å². The molecule has 0 amide bonds. The number of fused-ring (bicyclic) bond motifs is 5. The molecule has 3 aliphatic heterocycles. The lowest BCUT2D eigenvalue weighted by atomic mass is 10.0. The van der Waals surface area contributed by atoms with Crippen LogP contribution in [0.3, 0.4) is 0 Å². The average Bonchev–Trinajstić information content (AvgIpc) is 3.16. The first-order chi connectivity index (χ1) is 20.1. The summed E-state index contributed by atoms with van der Waals surface area (Å²) in [6.07, 6.45) is 6.44. The van der Waals surface area contributed by atoms with Crippen LogP contribution < -0.4 is 4.90 Å². The molecule has 4 aromatic rings. The molecule has 5 heterocycles. The summed E-state index contributed by atoms with van der Waals surface area (Å²) in [5.41, 5.74) is 7.72. The monoisotopic (exact) mass is 554 g/mol. The molecule has 2 saturated heterocycles. The number of hydrogen-bond acceptors (Lipinski definition) is 6. The zero-order valence-electron chi connectivity index (χ0n) is 24.8. The summed E-state index contributed by atoms with van der Waals surface area (Å²) < 4.78 is 2.56. The molecule has 0 unspecified atom stereocenters. The molecule has 3 aliphatic rings. The molecule has 2 fully saturated rings. The minimum absolute atomic E-state index is 0.120. The van der Waals surface area contributed by atoms with E-state index < -0.39 is 0 Å². The lowest BCUT2D eigenvalue weighted by Gasteiger charge is -2.32. The molecule has 7 rings (SSSR count). The van der Waals surface area contributed by atoms with Crippen molar-refractivity contribution < 1.29 is 5.11 Å². The maximum atomic E-state index is 9.97. The zero-order chi connectivity index (χ0) is 27.8. The molecule has 2 aromatic carbocycles. The quantitative estimate of drug-likeness (QED) is 0.322. The van der Waals surface area contributed by atoms with Crippen LogP contribution in [-0.4, -0.2) is 108 Å². The first-order valence-corrected chi connectivity index (χ1v) is 16.0. The van der Waals surface area contributed by atoms with Gasteiger partial charge in [-0.15, -0.1) is 0 Å². The summed E-state index contributed by atoms with van der Waals surface area (Å²) in [6, 6.07) is 15.9. The van der Waals surface area contributed by atoms with Crippen LogP contribution in [0.4, 0.5) is 5.69 Å². The van der Waals surface area contributed by atoms with E-state index in [-0.39, 0.29) is 6.10 Å². The third-order valence-electron chi connectivity index (χ3n) is 9.87. The number of piperazine rings is 1. The second kappa shape index (κ2) is 11.9. The van der Waals surface area contributed by atoms with Gasteiger partial charge < -0.3 is 29.3 Å². The van der Waals surface area contributed by atoms with Crippen LogP contribution in [0, 0.1) is 0 Å². The summed E-state index contributed by atoms with van der Waals surface area (Å²) >= 11 is 0. The van der Waals surface area contributed by atoms with Crippen LogP contribution >= 0.6 is 0 Å². The molecule has 1 N–H and O–H groups in total. The minimum Gasteiger partial charge on any atom is -0.393 e. The maximum absolute atomic E-state index is 9.97. The highest BCUT2D eigenvalue weighted by molar-refractivity contribution is 6.16. The van der Waals surface area contributed by atoms with Crippen molar-refractivity contribution in [1.29, 1.82) is 0 Å². The van der Waals surface area contributed by atoms with E-state index in [1.54, 1.807) is 0 Å². The fourth-order valence-electron chi connectivity index (χ4n) is 7.36. The van der Waals surface area contributed by atoms with Gasteiger partial charge in [0.2, 0.25) is 0 Å². The van der Waals surface area contributed by atoms with Gasteiger partial charge in [-0.3, -0.25) is 0 Å². The van der Waals surface area contributed by atoms with Crippen LogP contribution in [0.15, 0.2) is 42.5 Å². The number of likely N-dealkylation sites (N-methyl/N-ethyl adjacent to an activating group) is 1. The summed E-state index contributed by atoms with van der Waals surface area (Å²) in [4.78, 5) is 15.5. The Morgan fingerprint density at radius 2 is 1.61 bits per heavy atom. The van der Waals surface area contributed by atoms with E-state index in [9.17, 15) is 5.11 Å². The topological polar surface area (TPSA) is 51.0 Å². The van der Waals surface area contributed by atoms with Gasteiger partial charge in [-0.1, -0.05) is 24.3 Å². The van der Waals surface area contributed by atoms with Crippen molar-refractivity contribution in [3.05, 3.63) is 48.0 Å². The van der Waals surface area contributed by atoms with Crippen LogP contribution in [0.5, 0.6) is 0 Å². The number of aliphatic hydroxyl groups is 1. The molecule has 7 nitrogen and oxygen atoms in total. The van der Waals surface area contributed by atoms with Crippen molar-refractivity contribution in [2.45, 2.75) is 51.2 Å². The molecule has 2 aromatic heterocycles. The Balaban J connectivity index is 1.17. The van der Waals surface area contributed by atoms with Crippen molar-refractivity contribution >= 4 is 38.5 Å². The lowest BCUT2D eigenvalue weighted by molar-refractivity contribution is 0.0838. The number of pyridine rings is 1. The molecule has 0 bridgehead atoms. The van der Waals surface area contributed by atoms with Gasteiger partial charge in [0.05, 0.1) is 33.9 Å². The number of benzene rings is 2. The molecule has 0 radical (unpaired) electrons. The zero-order valence-corrected chi connectivity index (χ0v) is 24.8. The van der Waals surface area contributed by atoms with E-state index in [1.165, 1.54) is 84.1 Å². The van der Waals surface area contributed by atoms with Crippen molar-refractivity contribution in [1.82, 2.24) is 24.3 Å². The van der Waals surface area contributed by atoms with Crippen LogP contribution in [0.2, 0.25) is 0 Å². The summed E-state index contributed by atoms with van der Waals surface area (Å²) in [5.74, 6) is 0. The third kappa shape index (κ3) is 5.57. The summed E-state index contributed by atoms with van der Waals surface area (Å²) in [6.45, 7) is 12.2. The second-order valence-electron chi connectivity index (χ2n) is 12.7. The lowest BCUT2D eigenvalue weighted by Crippen LogP contribution is -2.44. The van der Waals surface area contributed by atoms with E-state index in [2.05, 4.69) is 73.7 Å². The number of unbranched alkanes of at least 4 members (excludes halogenated alkanes) is 1. The molecular weight excluding hydrogens is 508 g/mol. The van der Waals surface area contributed by atoms with Crippen LogP contribution in [-0.2, 0) is 13.0 Å². The number of rotatable bonds is 8. The van der Waals surface area contributed by atoms with Gasteiger partial charge in [0, 0.05) is 76.2 Å². The number of anilines is 1. The predicted octanol–water partition coefficient (Wildman–Crippen LogP) is 4.58. The fourth-order valence-corrected chi connectivity index (χ4v) is 7.36. The maximum Gasteiger partial charge on any atom is 0.0989 e. The van der Waals surface area contributed by atoms with Crippen LogP contribution in [0.1, 0.15) is 37.7 Å². The molecular formula is C34H46N6O. The Kier molecular flexibility index (Phi) is 7.87. The van der Waals surface area contributed by atoms with Gasteiger partial charge >= 0.3 is 0 Å². The van der Waals surface area contributed by atoms with Gasteiger partial charge in [0.1, 0.15) is 0 Å². The number of aromatic nitrogens is 2. The molecule has 0 aliphatic carbocycles. The fraction of sp³-hybridized carbons (Fsp3) is 0.559. The van der Waals surface area contributed by atoms with E-state index in [0.29, 0.717) is 0 Å². The van der Waals surface area contributed by atoms with Gasteiger partial charge in [-0.2, -0.15) is 0 Å². The highest BCUT2D eigenvalue weighted by Gasteiger charge is 2.26. The first kappa shape index (κ1) is 27.1. The molecule has 0 saturated carbocycles.